The molecule has 0 aromatic rings. The first-order chi connectivity index (χ1) is 8.93. The minimum atomic E-state index is -4.88. The molecule has 20 heavy (non-hydrogen) atoms. The molecule has 0 aromatic heterocycles. The first-order valence-electron chi connectivity index (χ1n) is 6.22. The summed E-state index contributed by atoms with van der Waals surface area (Å²) in [5.41, 5.74) is -3.67. The van der Waals surface area contributed by atoms with Gasteiger partial charge >= 0.3 is 18.2 Å². The smallest absolute Gasteiger partial charge is 0.410 e. The van der Waals surface area contributed by atoms with Crippen molar-refractivity contribution in [2.75, 3.05) is 6.54 Å². The van der Waals surface area contributed by atoms with Crippen LogP contribution in [0.3, 0.4) is 0 Å². The minimum absolute atomic E-state index is 0.0235. The van der Waals surface area contributed by atoms with Crippen LogP contribution in [0.15, 0.2) is 0 Å². The highest BCUT2D eigenvalue weighted by Crippen LogP contribution is 2.68. The summed E-state index contributed by atoms with van der Waals surface area (Å²) in [6.45, 7) is 4.88. The summed E-state index contributed by atoms with van der Waals surface area (Å²) >= 11 is 0. The van der Waals surface area contributed by atoms with E-state index < -0.39 is 41.2 Å². The number of aliphatic carboxylic acids is 1. The maximum atomic E-state index is 13.1. The molecule has 1 amide bonds. The van der Waals surface area contributed by atoms with Crippen LogP contribution in [0, 0.1) is 11.3 Å². The molecule has 1 N–H and O–H groups in total. The van der Waals surface area contributed by atoms with Gasteiger partial charge in [-0.15, -0.1) is 0 Å². The lowest BCUT2D eigenvalue weighted by atomic mass is 9.99. The van der Waals surface area contributed by atoms with Crippen LogP contribution in [0.1, 0.15) is 27.2 Å². The average Bonchev–Trinajstić information content (AvgIpc) is 2.69. The van der Waals surface area contributed by atoms with Gasteiger partial charge in [0, 0.05) is 12.5 Å². The molecule has 1 heterocycles. The second-order valence-electron chi connectivity index (χ2n) is 6.19. The third kappa shape index (κ3) is 1.92. The van der Waals surface area contributed by atoms with Gasteiger partial charge in [-0.1, -0.05) is 0 Å². The van der Waals surface area contributed by atoms with E-state index in [1.807, 2.05) is 0 Å². The molecule has 2 rings (SSSR count). The van der Waals surface area contributed by atoms with Crippen LogP contribution in [0.2, 0.25) is 0 Å². The molecular formula is C12H16F3NO4. The van der Waals surface area contributed by atoms with Gasteiger partial charge < -0.3 is 14.7 Å². The number of rotatable bonds is 1. The van der Waals surface area contributed by atoms with E-state index in [9.17, 15) is 22.8 Å². The summed E-state index contributed by atoms with van der Waals surface area (Å²) in [5.74, 6) is -3.00. The molecule has 0 bridgehead atoms. The number of amides is 1. The van der Waals surface area contributed by atoms with E-state index in [1.165, 1.54) is 0 Å². The predicted octanol–water partition coefficient (Wildman–Crippen LogP) is 2.26. The van der Waals surface area contributed by atoms with E-state index in [2.05, 4.69) is 0 Å². The molecule has 5 nitrogen and oxygen atoms in total. The zero-order valence-electron chi connectivity index (χ0n) is 11.3. The van der Waals surface area contributed by atoms with Crippen LogP contribution in [-0.2, 0) is 9.53 Å². The molecule has 1 saturated carbocycles. The largest absolute Gasteiger partial charge is 0.481 e. The van der Waals surface area contributed by atoms with Crippen molar-refractivity contribution in [2.45, 2.75) is 45.0 Å². The molecule has 0 spiro atoms. The maximum Gasteiger partial charge on any atom is 0.410 e. The van der Waals surface area contributed by atoms with Crippen LogP contribution in [0.4, 0.5) is 18.0 Å². The lowest BCUT2D eigenvalue weighted by Gasteiger charge is -2.28. The van der Waals surface area contributed by atoms with Gasteiger partial charge in [-0.25, -0.2) is 4.79 Å². The Kier molecular flexibility index (Phi) is 3.00. The van der Waals surface area contributed by atoms with Gasteiger partial charge in [0.2, 0.25) is 0 Å². The Morgan fingerprint density at radius 1 is 1.30 bits per heavy atom. The summed E-state index contributed by atoms with van der Waals surface area (Å²) in [4.78, 5) is 23.9. The fourth-order valence-electron chi connectivity index (χ4n) is 3.01. The third-order valence-electron chi connectivity index (χ3n) is 3.79. The van der Waals surface area contributed by atoms with Gasteiger partial charge in [0.05, 0.1) is 6.04 Å². The van der Waals surface area contributed by atoms with Crippen molar-refractivity contribution in [1.82, 2.24) is 4.90 Å². The molecule has 2 aliphatic rings. The van der Waals surface area contributed by atoms with Gasteiger partial charge in [-0.3, -0.25) is 4.79 Å². The number of piperidine rings is 1. The van der Waals surface area contributed by atoms with Crippen molar-refractivity contribution in [2.24, 2.45) is 11.3 Å². The molecule has 1 aliphatic heterocycles. The Bertz CT molecular complexity index is 457. The van der Waals surface area contributed by atoms with E-state index >= 15 is 0 Å². The number of ether oxygens (including phenoxy) is 1. The number of hydrogen-bond acceptors (Lipinski definition) is 3. The highest BCUT2D eigenvalue weighted by atomic mass is 19.4. The Labute approximate surface area is 113 Å². The number of likely N-dealkylation sites (tertiary alicyclic amines) is 1. The van der Waals surface area contributed by atoms with Crippen molar-refractivity contribution in [3.05, 3.63) is 0 Å². The Morgan fingerprint density at radius 2 is 1.85 bits per heavy atom. The highest BCUT2D eigenvalue weighted by molar-refractivity contribution is 5.84. The lowest BCUT2D eigenvalue weighted by Crippen LogP contribution is -2.46. The zero-order valence-corrected chi connectivity index (χ0v) is 11.3. The molecule has 0 unspecified atom stereocenters. The van der Waals surface area contributed by atoms with Gasteiger partial charge in [0.1, 0.15) is 5.60 Å². The van der Waals surface area contributed by atoms with Gasteiger partial charge in [0.25, 0.3) is 0 Å². The number of carbonyl (C=O) groups is 2. The summed E-state index contributed by atoms with van der Waals surface area (Å²) in [6, 6.07) is -1.35. The molecule has 2 fully saturated rings. The predicted molar refractivity (Wildman–Crippen MR) is 61.0 cm³/mol. The normalized spacial score (nSPS) is 32.8. The Hall–Kier alpha value is -1.47. The lowest BCUT2D eigenvalue weighted by molar-refractivity contribution is -0.211. The molecular weight excluding hydrogens is 279 g/mol. The second-order valence-corrected chi connectivity index (χ2v) is 6.19. The summed E-state index contributed by atoms with van der Waals surface area (Å²) in [7, 11) is 0. The van der Waals surface area contributed by atoms with E-state index in [-0.39, 0.29) is 13.0 Å². The Morgan fingerprint density at radius 3 is 2.20 bits per heavy atom. The SMILES string of the molecule is CC(C)(C)OC(=O)N1CC[C@@H]2[C@H]1[C@@]2(C(=O)O)C(F)(F)F. The van der Waals surface area contributed by atoms with E-state index in [0.717, 1.165) is 4.90 Å². The van der Waals surface area contributed by atoms with E-state index in [1.54, 1.807) is 20.8 Å². The zero-order chi connectivity index (χ0) is 15.5. The number of carboxylic acid groups (broad SMARTS) is 1. The van der Waals surface area contributed by atoms with Crippen molar-refractivity contribution >= 4 is 12.1 Å². The molecule has 114 valence electrons. The van der Waals surface area contributed by atoms with Gasteiger partial charge in [0.15, 0.2) is 5.41 Å². The molecule has 3 atom stereocenters. The summed E-state index contributed by atoms with van der Waals surface area (Å²) in [6.07, 6.45) is -5.75. The fourth-order valence-corrected chi connectivity index (χ4v) is 3.01. The molecule has 0 radical (unpaired) electrons. The van der Waals surface area contributed by atoms with Crippen LogP contribution in [0.5, 0.6) is 0 Å². The van der Waals surface area contributed by atoms with Gasteiger partial charge in [-0.2, -0.15) is 13.2 Å². The molecule has 1 aliphatic carbocycles. The monoisotopic (exact) mass is 295 g/mol. The number of nitrogens with zero attached hydrogens (tertiary/aromatic N) is 1. The quantitative estimate of drug-likeness (QED) is 0.805. The Balaban J connectivity index is 2.22. The first-order valence-corrected chi connectivity index (χ1v) is 6.22. The summed E-state index contributed by atoms with van der Waals surface area (Å²) < 4.78 is 44.3. The topological polar surface area (TPSA) is 66.8 Å². The number of carbonyl (C=O) groups excluding carboxylic acids is 1. The number of hydrogen-bond donors (Lipinski definition) is 1. The highest BCUT2D eigenvalue weighted by Gasteiger charge is 2.86. The minimum Gasteiger partial charge on any atom is -0.481 e. The van der Waals surface area contributed by atoms with E-state index in [4.69, 9.17) is 9.84 Å². The first kappa shape index (κ1) is 14.9. The third-order valence-corrected chi connectivity index (χ3v) is 3.79. The van der Waals surface area contributed by atoms with Crippen molar-refractivity contribution in [1.29, 1.82) is 0 Å². The number of alkyl halides is 3. The van der Waals surface area contributed by atoms with Crippen LogP contribution >= 0.6 is 0 Å². The second kappa shape index (κ2) is 4.02. The summed E-state index contributed by atoms with van der Waals surface area (Å²) in [5, 5.41) is 8.98. The van der Waals surface area contributed by atoms with Crippen molar-refractivity contribution in [3.8, 4) is 0 Å². The molecule has 0 aromatic carbocycles. The van der Waals surface area contributed by atoms with Crippen molar-refractivity contribution < 1.29 is 32.6 Å². The van der Waals surface area contributed by atoms with Crippen molar-refractivity contribution in [3.63, 3.8) is 0 Å². The van der Waals surface area contributed by atoms with Crippen LogP contribution in [-0.4, -0.2) is 46.4 Å². The maximum absolute atomic E-state index is 13.1. The molecule has 8 heteroatoms. The number of fused-ring (bicyclic) bond motifs is 1. The fraction of sp³-hybridized carbons (Fsp3) is 0.833. The van der Waals surface area contributed by atoms with Gasteiger partial charge in [-0.05, 0) is 27.2 Å². The number of halogens is 3. The van der Waals surface area contributed by atoms with Crippen LogP contribution < -0.4 is 0 Å². The van der Waals surface area contributed by atoms with E-state index in [0.29, 0.717) is 0 Å². The standard InChI is InChI=1S/C12H16F3NO4/c1-10(2,3)20-9(19)16-5-4-6-7(16)11(6,8(17)18)12(13,14)15/h6-7H,4-5H2,1-3H3,(H,17,18)/t6-,7+,11+/m1/s1. The average molecular weight is 295 g/mol. The number of carboxylic acids is 1. The van der Waals surface area contributed by atoms with Crippen LogP contribution in [0.25, 0.3) is 0 Å². The molecule has 1 saturated heterocycles.